The molecule has 0 radical (unpaired) electrons. The second-order valence-electron chi connectivity index (χ2n) is 4.63. The van der Waals surface area contributed by atoms with E-state index in [2.05, 4.69) is 20.5 Å². The highest BCUT2D eigenvalue weighted by atomic mass is 16.5. The van der Waals surface area contributed by atoms with Gasteiger partial charge in [0.25, 0.3) is 0 Å². The van der Waals surface area contributed by atoms with E-state index in [0.29, 0.717) is 11.5 Å². The van der Waals surface area contributed by atoms with Crippen molar-refractivity contribution in [2.75, 3.05) is 19.0 Å². The van der Waals surface area contributed by atoms with Gasteiger partial charge in [-0.3, -0.25) is 0 Å². The van der Waals surface area contributed by atoms with Crippen molar-refractivity contribution in [1.82, 2.24) is 19.6 Å². The van der Waals surface area contributed by atoms with Crippen molar-refractivity contribution in [2.45, 2.75) is 24.9 Å². The Balaban J connectivity index is 1.76. The average Bonchev–Trinajstić information content (AvgIpc) is 2.70. The minimum absolute atomic E-state index is 0.0565. The van der Waals surface area contributed by atoms with Crippen molar-refractivity contribution in [3.8, 4) is 0 Å². The van der Waals surface area contributed by atoms with E-state index in [4.69, 9.17) is 4.74 Å². The lowest BCUT2D eigenvalue weighted by molar-refractivity contribution is -0.0601. The van der Waals surface area contributed by atoms with Crippen LogP contribution in [0.15, 0.2) is 17.2 Å². The van der Waals surface area contributed by atoms with Crippen molar-refractivity contribution in [3.05, 3.63) is 22.9 Å². The summed E-state index contributed by atoms with van der Waals surface area (Å²) in [4.78, 5) is 15.4. The van der Waals surface area contributed by atoms with Crippen LogP contribution in [0.1, 0.15) is 19.3 Å². The van der Waals surface area contributed by atoms with Crippen LogP contribution in [0.25, 0.3) is 5.65 Å². The smallest absolute Gasteiger partial charge is 0.348 e. The molecule has 1 saturated carbocycles. The summed E-state index contributed by atoms with van der Waals surface area (Å²) >= 11 is 0. The zero-order chi connectivity index (χ0) is 12.6. The van der Waals surface area contributed by atoms with E-state index in [1.807, 2.05) is 0 Å². The fourth-order valence-electron chi connectivity index (χ4n) is 2.18. The number of rotatable bonds is 4. The van der Waals surface area contributed by atoms with Crippen LogP contribution in [-0.4, -0.2) is 38.8 Å². The highest BCUT2D eigenvalue weighted by molar-refractivity contribution is 5.48. The van der Waals surface area contributed by atoms with Crippen LogP contribution in [-0.2, 0) is 4.74 Å². The summed E-state index contributed by atoms with van der Waals surface area (Å²) < 4.78 is 6.88. The minimum atomic E-state index is -0.281. The van der Waals surface area contributed by atoms with Gasteiger partial charge in [0.05, 0.1) is 5.60 Å². The minimum Gasteiger partial charge on any atom is -0.376 e. The van der Waals surface area contributed by atoms with E-state index in [0.717, 1.165) is 19.4 Å². The van der Waals surface area contributed by atoms with E-state index < -0.39 is 0 Å². The molecule has 18 heavy (non-hydrogen) atoms. The summed E-state index contributed by atoms with van der Waals surface area (Å²) in [7, 11) is 1.74. The summed E-state index contributed by atoms with van der Waals surface area (Å²) in [5, 5.41) is 9.50. The number of methoxy groups -OCH3 is 1. The first-order valence-corrected chi connectivity index (χ1v) is 5.94. The van der Waals surface area contributed by atoms with Crippen LogP contribution >= 0.6 is 0 Å². The topological polar surface area (TPSA) is 84.3 Å². The predicted octanol–water partition coefficient (Wildman–Crippen LogP) is 0.399. The van der Waals surface area contributed by atoms with E-state index in [1.165, 1.54) is 17.1 Å². The van der Waals surface area contributed by atoms with Gasteiger partial charge in [-0.1, -0.05) is 0 Å². The number of anilines is 1. The molecular weight excluding hydrogens is 234 g/mol. The van der Waals surface area contributed by atoms with E-state index in [-0.39, 0.29) is 11.3 Å². The Hall–Kier alpha value is -1.89. The number of fused-ring (bicyclic) bond motifs is 1. The average molecular weight is 249 g/mol. The SMILES string of the molecule is COC1(CNc2cc3n[nH]c(=O)n3cn2)CCC1. The maximum absolute atomic E-state index is 11.3. The van der Waals surface area contributed by atoms with Crippen molar-refractivity contribution in [2.24, 2.45) is 0 Å². The fraction of sp³-hybridized carbons (Fsp3) is 0.545. The molecule has 0 aromatic carbocycles. The van der Waals surface area contributed by atoms with Crippen LogP contribution in [0.2, 0.25) is 0 Å². The van der Waals surface area contributed by atoms with Crippen LogP contribution in [0.3, 0.4) is 0 Å². The summed E-state index contributed by atoms with van der Waals surface area (Å²) in [6, 6.07) is 1.74. The van der Waals surface area contributed by atoms with Crippen molar-refractivity contribution in [3.63, 3.8) is 0 Å². The molecule has 2 aromatic rings. The Morgan fingerprint density at radius 2 is 2.44 bits per heavy atom. The molecule has 2 aromatic heterocycles. The largest absolute Gasteiger partial charge is 0.376 e. The molecule has 0 spiro atoms. The summed E-state index contributed by atoms with van der Waals surface area (Å²) in [6.07, 6.45) is 4.81. The number of nitrogens with zero attached hydrogens (tertiary/aromatic N) is 3. The normalized spacial score (nSPS) is 17.6. The molecule has 3 rings (SSSR count). The fourth-order valence-corrected chi connectivity index (χ4v) is 2.18. The van der Waals surface area contributed by atoms with Gasteiger partial charge in [-0.25, -0.2) is 19.3 Å². The Kier molecular flexibility index (Phi) is 2.55. The number of hydrogen-bond acceptors (Lipinski definition) is 5. The third-order valence-electron chi connectivity index (χ3n) is 3.60. The Bertz CT molecular complexity index is 608. The molecule has 0 saturated heterocycles. The monoisotopic (exact) mass is 249 g/mol. The lowest BCUT2D eigenvalue weighted by Crippen LogP contribution is -2.45. The molecule has 0 aliphatic heterocycles. The molecule has 7 nitrogen and oxygen atoms in total. The first-order chi connectivity index (χ1) is 8.72. The second kappa shape index (κ2) is 4.09. The van der Waals surface area contributed by atoms with Gasteiger partial charge in [0.1, 0.15) is 12.1 Å². The zero-order valence-electron chi connectivity index (χ0n) is 10.1. The molecule has 0 bridgehead atoms. The molecule has 96 valence electrons. The van der Waals surface area contributed by atoms with Gasteiger partial charge in [-0.15, -0.1) is 0 Å². The van der Waals surface area contributed by atoms with Crippen molar-refractivity contribution in [1.29, 1.82) is 0 Å². The van der Waals surface area contributed by atoms with E-state index in [1.54, 1.807) is 13.2 Å². The molecule has 0 atom stereocenters. The van der Waals surface area contributed by atoms with Crippen LogP contribution < -0.4 is 11.0 Å². The quantitative estimate of drug-likeness (QED) is 0.819. The third-order valence-corrected chi connectivity index (χ3v) is 3.60. The predicted molar refractivity (Wildman–Crippen MR) is 65.7 cm³/mol. The van der Waals surface area contributed by atoms with E-state index >= 15 is 0 Å². The summed E-state index contributed by atoms with van der Waals surface area (Å²) in [6.45, 7) is 0.724. The van der Waals surface area contributed by atoms with Crippen LogP contribution in [0, 0.1) is 0 Å². The lowest BCUT2D eigenvalue weighted by atomic mass is 9.80. The molecule has 1 aliphatic rings. The number of hydrogen-bond donors (Lipinski definition) is 2. The molecule has 2 N–H and O–H groups in total. The molecular formula is C11H15N5O2. The van der Waals surface area contributed by atoms with Gasteiger partial charge in [0.15, 0.2) is 5.65 Å². The van der Waals surface area contributed by atoms with Crippen molar-refractivity contribution >= 4 is 11.5 Å². The number of nitrogens with one attached hydrogen (secondary N) is 2. The first kappa shape index (κ1) is 11.2. The number of ether oxygens (including phenoxy) is 1. The van der Waals surface area contributed by atoms with Crippen molar-refractivity contribution < 1.29 is 4.74 Å². The molecule has 2 heterocycles. The molecule has 7 heteroatoms. The van der Waals surface area contributed by atoms with Gasteiger partial charge in [-0.2, -0.15) is 5.10 Å². The van der Waals surface area contributed by atoms with Gasteiger partial charge in [0.2, 0.25) is 0 Å². The Morgan fingerprint density at radius 1 is 1.61 bits per heavy atom. The van der Waals surface area contributed by atoms with Gasteiger partial charge in [-0.05, 0) is 19.3 Å². The van der Waals surface area contributed by atoms with Crippen LogP contribution in [0.5, 0.6) is 0 Å². The summed E-state index contributed by atoms with van der Waals surface area (Å²) in [5.41, 5.74) is 0.216. The van der Waals surface area contributed by atoms with Gasteiger partial charge < -0.3 is 10.1 Å². The third kappa shape index (κ3) is 1.76. The van der Waals surface area contributed by atoms with E-state index in [9.17, 15) is 4.79 Å². The van der Waals surface area contributed by atoms with Crippen LogP contribution in [0.4, 0.5) is 5.82 Å². The second-order valence-corrected chi connectivity index (χ2v) is 4.63. The Labute approximate surface area is 103 Å². The highest BCUT2D eigenvalue weighted by Crippen LogP contribution is 2.34. The lowest BCUT2D eigenvalue weighted by Gasteiger charge is -2.40. The van der Waals surface area contributed by atoms with Gasteiger partial charge >= 0.3 is 5.69 Å². The summed E-state index contributed by atoms with van der Waals surface area (Å²) in [5.74, 6) is 0.699. The molecule has 1 aliphatic carbocycles. The number of H-pyrrole nitrogens is 1. The maximum atomic E-state index is 11.3. The standard InChI is InChI=1S/C11H15N5O2/c1-18-11(3-2-4-11)6-12-8-5-9-14-15-10(17)16(9)7-13-8/h5,7,12H,2-4,6H2,1H3,(H,15,17). The number of aromatic nitrogens is 4. The molecule has 0 unspecified atom stereocenters. The first-order valence-electron chi connectivity index (χ1n) is 5.94. The number of aromatic amines is 1. The Morgan fingerprint density at radius 3 is 3.11 bits per heavy atom. The molecule has 0 amide bonds. The highest BCUT2D eigenvalue weighted by Gasteiger charge is 2.36. The van der Waals surface area contributed by atoms with Gasteiger partial charge in [0, 0.05) is 19.7 Å². The zero-order valence-corrected chi connectivity index (χ0v) is 10.1. The molecule has 1 fully saturated rings. The maximum Gasteiger partial charge on any atom is 0.348 e.